The van der Waals surface area contributed by atoms with Gasteiger partial charge in [0.25, 0.3) is 0 Å². The van der Waals surface area contributed by atoms with Crippen molar-refractivity contribution in [2.24, 2.45) is 5.92 Å². The number of nitrogens with one attached hydrogen (secondary N) is 1. The molecule has 0 unspecified atom stereocenters. The molecule has 0 aliphatic carbocycles. The van der Waals surface area contributed by atoms with E-state index in [2.05, 4.69) is 17.4 Å². The third-order valence-electron chi connectivity index (χ3n) is 5.33. The zero-order valence-corrected chi connectivity index (χ0v) is 16.1. The summed E-state index contributed by atoms with van der Waals surface area (Å²) in [5.41, 5.74) is 1.92. The van der Waals surface area contributed by atoms with Crippen LogP contribution in [0.4, 0.5) is 5.69 Å². The number of nitrogens with zero attached hydrogens (tertiary/aromatic N) is 1. The average Bonchev–Trinajstić information content (AvgIpc) is 2.86. The number of fused-ring (bicyclic) bond motifs is 1. The molecule has 0 aromatic heterocycles. The van der Waals surface area contributed by atoms with E-state index in [-0.39, 0.29) is 29.4 Å². The molecule has 2 aliphatic heterocycles. The number of piperidine rings is 1. The first-order valence-electron chi connectivity index (χ1n) is 9.61. The van der Waals surface area contributed by atoms with Gasteiger partial charge >= 0.3 is 0 Å². The Bertz CT molecular complexity index is 818. The maximum Gasteiger partial charge on any atom is 0.229 e. The first-order chi connectivity index (χ1) is 13.2. The number of rotatable bonds is 3. The Morgan fingerprint density at radius 3 is 2.48 bits per heavy atom. The van der Waals surface area contributed by atoms with Crippen LogP contribution >= 0.6 is 11.8 Å². The average molecular weight is 381 g/mol. The zero-order chi connectivity index (χ0) is 18.6. The van der Waals surface area contributed by atoms with Crippen LogP contribution < -0.4 is 5.32 Å². The largest absolute Gasteiger partial charge is 0.343 e. The summed E-state index contributed by atoms with van der Waals surface area (Å²) in [6, 6.07) is 17.9. The maximum absolute atomic E-state index is 13.1. The van der Waals surface area contributed by atoms with Crippen LogP contribution in [0.25, 0.3) is 0 Å². The molecule has 2 aromatic carbocycles. The Hall–Kier alpha value is -2.27. The van der Waals surface area contributed by atoms with E-state index in [1.54, 1.807) is 11.8 Å². The maximum atomic E-state index is 13.1. The van der Waals surface area contributed by atoms with Crippen molar-refractivity contribution in [3.8, 4) is 0 Å². The number of carbonyl (C=O) groups is 2. The van der Waals surface area contributed by atoms with Crippen LogP contribution in [-0.2, 0) is 9.59 Å². The quantitative estimate of drug-likeness (QED) is 0.853. The lowest BCUT2D eigenvalue weighted by Crippen LogP contribution is -2.39. The monoisotopic (exact) mass is 380 g/mol. The second-order valence-electron chi connectivity index (χ2n) is 7.19. The first-order valence-corrected chi connectivity index (χ1v) is 10.5. The molecule has 0 spiro atoms. The molecule has 1 saturated heterocycles. The Morgan fingerprint density at radius 2 is 1.70 bits per heavy atom. The van der Waals surface area contributed by atoms with Crippen molar-refractivity contribution in [1.29, 1.82) is 0 Å². The summed E-state index contributed by atoms with van der Waals surface area (Å²) < 4.78 is 0. The van der Waals surface area contributed by atoms with E-state index in [0.29, 0.717) is 0 Å². The molecule has 2 heterocycles. The summed E-state index contributed by atoms with van der Waals surface area (Å²) >= 11 is 1.68. The number of hydrogen-bond donors (Lipinski definition) is 1. The van der Waals surface area contributed by atoms with E-state index in [0.717, 1.165) is 42.1 Å². The van der Waals surface area contributed by atoms with Crippen molar-refractivity contribution >= 4 is 29.3 Å². The van der Waals surface area contributed by atoms with Gasteiger partial charge in [0.1, 0.15) is 0 Å². The van der Waals surface area contributed by atoms with Gasteiger partial charge in [-0.05, 0) is 37.0 Å². The molecular weight excluding hydrogens is 356 g/mol. The Labute approximate surface area is 164 Å². The van der Waals surface area contributed by atoms with Gasteiger partial charge in [0.15, 0.2) is 0 Å². The molecule has 27 heavy (non-hydrogen) atoms. The fourth-order valence-corrected chi connectivity index (χ4v) is 5.21. The van der Waals surface area contributed by atoms with Crippen molar-refractivity contribution in [1.82, 2.24) is 4.90 Å². The van der Waals surface area contributed by atoms with Crippen molar-refractivity contribution < 1.29 is 9.59 Å². The molecule has 2 atom stereocenters. The summed E-state index contributed by atoms with van der Waals surface area (Å²) in [5.74, 6) is -0.353. The SMILES string of the molecule is O=C1Nc2ccccc2S[C@@H](c2ccccc2)[C@@H]1CC(=O)N1CCCCC1. The van der Waals surface area contributed by atoms with Crippen molar-refractivity contribution in [2.75, 3.05) is 18.4 Å². The lowest BCUT2D eigenvalue weighted by atomic mass is 9.93. The van der Waals surface area contributed by atoms with E-state index >= 15 is 0 Å². The number of carbonyl (C=O) groups excluding carboxylic acids is 2. The predicted octanol–water partition coefficient (Wildman–Crippen LogP) is 4.49. The molecule has 5 heteroatoms. The lowest BCUT2D eigenvalue weighted by molar-refractivity contribution is -0.135. The second-order valence-corrected chi connectivity index (χ2v) is 8.37. The molecule has 140 valence electrons. The standard InChI is InChI=1S/C22H24N2O2S/c25-20(24-13-7-2-8-14-24)15-17-21(16-9-3-1-4-10-16)27-19-12-6-5-11-18(19)23-22(17)26/h1,3-6,9-12,17,21H,2,7-8,13-15H2,(H,23,26)/t17-,21-/m0/s1. The minimum atomic E-state index is -0.390. The van der Waals surface area contributed by atoms with E-state index in [1.807, 2.05) is 47.4 Å². The highest BCUT2D eigenvalue weighted by molar-refractivity contribution is 7.99. The predicted molar refractivity (Wildman–Crippen MR) is 109 cm³/mol. The van der Waals surface area contributed by atoms with Crippen LogP contribution in [0.15, 0.2) is 59.5 Å². The molecule has 2 aliphatic rings. The van der Waals surface area contributed by atoms with E-state index in [4.69, 9.17) is 0 Å². The molecule has 0 saturated carbocycles. The number of thioether (sulfide) groups is 1. The third-order valence-corrected chi connectivity index (χ3v) is 6.80. The van der Waals surface area contributed by atoms with Gasteiger partial charge in [0.05, 0.1) is 11.6 Å². The summed E-state index contributed by atoms with van der Waals surface area (Å²) in [4.78, 5) is 29.0. The molecule has 2 aromatic rings. The molecule has 4 rings (SSSR count). The fourth-order valence-electron chi connectivity index (χ4n) is 3.86. The summed E-state index contributed by atoms with van der Waals surface area (Å²) in [6.07, 6.45) is 3.56. The van der Waals surface area contributed by atoms with Gasteiger partial charge in [-0.1, -0.05) is 42.5 Å². The summed E-state index contributed by atoms with van der Waals surface area (Å²) in [7, 11) is 0. The minimum Gasteiger partial charge on any atom is -0.343 e. The van der Waals surface area contributed by atoms with Crippen LogP contribution in [0.5, 0.6) is 0 Å². The molecule has 4 nitrogen and oxygen atoms in total. The molecule has 2 amide bonds. The normalized spacial score (nSPS) is 22.5. The number of benzene rings is 2. The van der Waals surface area contributed by atoms with E-state index in [1.165, 1.54) is 6.42 Å². The van der Waals surface area contributed by atoms with Crippen LogP contribution in [0.3, 0.4) is 0 Å². The van der Waals surface area contributed by atoms with Gasteiger partial charge in [0, 0.05) is 29.7 Å². The number of anilines is 1. The van der Waals surface area contributed by atoms with Crippen molar-refractivity contribution in [3.05, 3.63) is 60.2 Å². The minimum absolute atomic E-state index is 0.0633. The molecular formula is C22H24N2O2S. The summed E-state index contributed by atoms with van der Waals surface area (Å²) in [5, 5.41) is 2.97. The van der Waals surface area contributed by atoms with Crippen molar-refractivity contribution in [2.45, 2.75) is 35.8 Å². The fraction of sp³-hybridized carbons (Fsp3) is 0.364. The lowest BCUT2D eigenvalue weighted by Gasteiger charge is -2.30. The van der Waals surface area contributed by atoms with E-state index < -0.39 is 0 Å². The van der Waals surface area contributed by atoms with Gasteiger partial charge in [-0.25, -0.2) is 0 Å². The van der Waals surface area contributed by atoms with Crippen LogP contribution in [0.2, 0.25) is 0 Å². The Balaban J connectivity index is 1.64. The highest BCUT2D eigenvalue weighted by Gasteiger charge is 2.36. The smallest absolute Gasteiger partial charge is 0.229 e. The van der Waals surface area contributed by atoms with Gasteiger partial charge < -0.3 is 10.2 Å². The molecule has 1 fully saturated rings. The van der Waals surface area contributed by atoms with Crippen LogP contribution in [0.1, 0.15) is 36.5 Å². The second kappa shape index (κ2) is 8.17. The number of likely N-dealkylation sites (tertiary alicyclic amines) is 1. The van der Waals surface area contributed by atoms with Gasteiger partial charge in [-0.15, -0.1) is 11.8 Å². The number of hydrogen-bond acceptors (Lipinski definition) is 3. The third kappa shape index (κ3) is 4.03. The van der Waals surface area contributed by atoms with Crippen molar-refractivity contribution in [3.63, 3.8) is 0 Å². The van der Waals surface area contributed by atoms with Gasteiger partial charge in [-0.2, -0.15) is 0 Å². The first kappa shape index (κ1) is 18.1. The molecule has 1 N–H and O–H groups in total. The Morgan fingerprint density at radius 1 is 1.00 bits per heavy atom. The van der Waals surface area contributed by atoms with Gasteiger partial charge in [0.2, 0.25) is 11.8 Å². The zero-order valence-electron chi connectivity index (χ0n) is 15.3. The van der Waals surface area contributed by atoms with E-state index in [9.17, 15) is 9.59 Å². The highest BCUT2D eigenvalue weighted by Crippen LogP contribution is 2.47. The molecule has 0 radical (unpaired) electrons. The van der Waals surface area contributed by atoms with Gasteiger partial charge in [-0.3, -0.25) is 9.59 Å². The Kier molecular flexibility index (Phi) is 5.48. The number of para-hydroxylation sites is 1. The molecule has 0 bridgehead atoms. The number of amides is 2. The van der Waals surface area contributed by atoms with Crippen LogP contribution in [0, 0.1) is 5.92 Å². The summed E-state index contributed by atoms with van der Waals surface area (Å²) in [6.45, 7) is 1.63. The van der Waals surface area contributed by atoms with Crippen LogP contribution in [-0.4, -0.2) is 29.8 Å². The highest BCUT2D eigenvalue weighted by atomic mass is 32.2. The topological polar surface area (TPSA) is 49.4 Å².